The Balaban J connectivity index is 1.72. The third-order valence-corrected chi connectivity index (χ3v) is 4.97. The fraction of sp³-hybridized carbons (Fsp3) is 0.579. The number of morpholine rings is 1. The van der Waals surface area contributed by atoms with E-state index in [1.54, 1.807) is 19.1 Å². The lowest BCUT2D eigenvalue weighted by molar-refractivity contribution is -0.141. The van der Waals surface area contributed by atoms with E-state index < -0.39 is 6.04 Å². The van der Waals surface area contributed by atoms with Crippen LogP contribution < -0.4 is 14.8 Å². The van der Waals surface area contributed by atoms with E-state index in [4.69, 9.17) is 14.2 Å². The van der Waals surface area contributed by atoms with Crippen molar-refractivity contribution in [1.29, 1.82) is 0 Å². The van der Waals surface area contributed by atoms with Crippen LogP contribution in [0.3, 0.4) is 0 Å². The molecule has 1 aromatic rings. The molecule has 0 spiro atoms. The first-order chi connectivity index (χ1) is 13.1. The topological polar surface area (TPSA) is 80.3 Å². The molecule has 2 fully saturated rings. The molecule has 27 heavy (non-hydrogen) atoms. The van der Waals surface area contributed by atoms with Gasteiger partial charge in [-0.2, -0.15) is 0 Å². The van der Waals surface area contributed by atoms with Crippen LogP contribution in [0.5, 0.6) is 11.5 Å². The van der Waals surface area contributed by atoms with E-state index in [2.05, 4.69) is 5.32 Å². The quantitative estimate of drug-likeness (QED) is 0.766. The summed E-state index contributed by atoms with van der Waals surface area (Å²) < 4.78 is 16.0. The first-order valence-electron chi connectivity index (χ1n) is 9.20. The van der Waals surface area contributed by atoms with Crippen LogP contribution in [0.1, 0.15) is 12.0 Å². The van der Waals surface area contributed by atoms with E-state index in [0.717, 1.165) is 5.56 Å². The standard InChI is InChI=1S/C19H27N3O5/c1-25-15-9-14(10-16(11-15)26-2)13-22-4-3-20-19(24)17(22)12-18(23)21-5-7-27-8-6-21/h9-11,17H,3-8,12-13H2,1-2H3,(H,20,24)/t17-/m1/s1. The van der Waals surface area contributed by atoms with E-state index in [-0.39, 0.29) is 18.2 Å². The van der Waals surface area contributed by atoms with Gasteiger partial charge in [0.2, 0.25) is 11.8 Å². The molecule has 0 aliphatic carbocycles. The largest absolute Gasteiger partial charge is 0.497 e. The van der Waals surface area contributed by atoms with Gasteiger partial charge in [-0.05, 0) is 17.7 Å². The highest BCUT2D eigenvalue weighted by Crippen LogP contribution is 2.25. The van der Waals surface area contributed by atoms with Gasteiger partial charge in [0.25, 0.3) is 0 Å². The molecule has 3 rings (SSSR count). The number of piperazine rings is 1. The lowest BCUT2D eigenvalue weighted by Gasteiger charge is -2.36. The Kier molecular flexibility index (Phi) is 6.52. The molecule has 148 valence electrons. The molecule has 0 saturated carbocycles. The second-order valence-electron chi connectivity index (χ2n) is 6.70. The number of benzene rings is 1. The maximum Gasteiger partial charge on any atom is 0.237 e. The van der Waals surface area contributed by atoms with E-state index in [1.807, 2.05) is 23.1 Å². The maximum absolute atomic E-state index is 12.6. The molecule has 1 atom stereocenters. The van der Waals surface area contributed by atoms with Crippen molar-refractivity contribution < 1.29 is 23.8 Å². The Morgan fingerprint density at radius 2 is 1.81 bits per heavy atom. The van der Waals surface area contributed by atoms with Crippen LogP contribution in [-0.2, 0) is 20.9 Å². The number of rotatable bonds is 6. The van der Waals surface area contributed by atoms with Gasteiger partial charge >= 0.3 is 0 Å². The Labute approximate surface area is 159 Å². The molecule has 0 radical (unpaired) electrons. The fourth-order valence-corrected chi connectivity index (χ4v) is 3.47. The Hall–Kier alpha value is -2.32. The average Bonchev–Trinajstić information content (AvgIpc) is 2.70. The van der Waals surface area contributed by atoms with Crippen LogP contribution in [0.15, 0.2) is 18.2 Å². The van der Waals surface area contributed by atoms with Gasteiger partial charge in [0.05, 0.1) is 39.9 Å². The first-order valence-corrected chi connectivity index (χ1v) is 9.20. The minimum absolute atomic E-state index is 0.00595. The molecule has 8 heteroatoms. The van der Waals surface area contributed by atoms with Crippen molar-refractivity contribution in [3.05, 3.63) is 23.8 Å². The predicted octanol–water partition coefficient (Wildman–Crippen LogP) is 0.253. The van der Waals surface area contributed by atoms with E-state index in [9.17, 15) is 9.59 Å². The summed E-state index contributed by atoms with van der Waals surface area (Å²) in [7, 11) is 3.22. The summed E-state index contributed by atoms with van der Waals surface area (Å²) in [6.07, 6.45) is 0.174. The van der Waals surface area contributed by atoms with Crippen molar-refractivity contribution in [2.24, 2.45) is 0 Å². The van der Waals surface area contributed by atoms with Crippen molar-refractivity contribution in [3.8, 4) is 11.5 Å². The Morgan fingerprint density at radius 1 is 1.15 bits per heavy atom. The van der Waals surface area contributed by atoms with E-state index in [0.29, 0.717) is 57.4 Å². The zero-order valence-corrected chi connectivity index (χ0v) is 15.9. The Morgan fingerprint density at radius 3 is 2.44 bits per heavy atom. The van der Waals surface area contributed by atoms with Crippen molar-refractivity contribution >= 4 is 11.8 Å². The van der Waals surface area contributed by atoms with Gasteiger partial charge in [0.15, 0.2) is 0 Å². The average molecular weight is 377 g/mol. The first kappa shape index (κ1) is 19.4. The third kappa shape index (κ3) is 4.90. The number of nitrogens with one attached hydrogen (secondary N) is 1. The summed E-state index contributed by atoms with van der Waals surface area (Å²) in [5, 5.41) is 2.88. The number of ether oxygens (including phenoxy) is 3. The van der Waals surface area contributed by atoms with Gasteiger partial charge in [-0.1, -0.05) is 0 Å². The van der Waals surface area contributed by atoms with Crippen molar-refractivity contribution in [3.63, 3.8) is 0 Å². The summed E-state index contributed by atoms with van der Waals surface area (Å²) >= 11 is 0. The monoisotopic (exact) mass is 377 g/mol. The summed E-state index contributed by atoms with van der Waals surface area (Å²) in [6, 6.07) is 5.18. The molecule has 1 aromatic carbocycles. The smallest absolute Gasteiger partial charge is 0.237 e. The van der Waals surface area contributed by atoms with Gasteiger partial charge in [-0.25, -0.2) is 0 Å². The predicted molar refractivity (Wildman–Crippen MR) is 98.8 cm³/mol. The Bertz CT molecular complexity index is 653. The number of hydrogen-bond acceptors (Lipinski definition) is 6. The fourth-order valence-electron chi connectivity index (χ4n) is 3.47. The minimum atomic E-state index is -0.480. The molecule has 2 aliphatic heterocycles. The zero-order chi connectivity index (χ0) is 19.2. The number of nitrogens with zero attached hydrogens (tertiary/aromatic N) is 2. The van der Waals surface area contributed by atoms with Gasteiger partial charge < -0.3 is 24.4 Å². The molecule has 8 nitrogen and oxygen atoms in total. The second-order valence-corrected chi connectivity index (χ2v) is 6.70. The highest BCUT2D eigenvalue weighted by molar-refractivity contribution is 5.88. The van der Waals surface area contributed by atoms with E-state index in [1.165, 1.54) is 0 Å². The summed E-state index contributed by atoms with van der Waals surface area (Å²) in [4.78, 5) is 28.9. The lowest BCUT2D eigenvalue weighted by Crippen LogP contribution is -2.56. The maximum atomic E-state index is 12.6. The number of amides is 2. The third-order valence-electron chi connectivity index (χ3n) is 4.97. The number of carbonyl (C=O) groups excluding carboxylic acids is 2. The summed E-state index contributed by atoms with van der Waals surface area (Å²) in [6.45, 7) is 4.07. The molecule has 0 aromatic heterocycles. The van der Waals surface area contributed by atoms with Gasteiger partial charge in [-0.15, -0.1) is 0 Å². The van der Waals surface area contributed by atoms with Crippen molar-refractivity contribution in [2.75, 3.05) is 53.6 Å². The highest BCUT2D eigenvalue weighted by atomic mass is 16.5. The SMILES string of the molecule is COc1cc(CN2CCNC(=O)[C@H]2CC(=O)N2CCOCC2)cc(OC)c1. The lowest BCUT2D eigenvalue weighted by atomic mass is 10.1. The van der Waals surface area contributed by atoms with Gasteiger partial charge in [0.1, 0.15) is 11.5 Å². The minimum Gasteiger partial charge on any atom is -0.497 e. The van der Waals surface area contributed by atoms with Crippen LogP contribution in [0.25, 0.3) is 0 Å². The summed E-state index contributed by atoms with van der Waals surface area (Å²) in [5.74, 6) is 1.30. The van der Waals surface area contributed by atoms with Crippen LogP contribution >= 0.6 is 0 Å². The second kappa shape index (κ2) is 9.05. The van der Waals surface area contributed by atoms with Crippen LogP contribution in [-0.4, -0.2) is 81.3 Å². The number of hydrogen-bond donors (Lipinski definition) is 1. The molecule has 2 heterocycles. The molecular weight excluding hydrogens is 350 g/mol. The molecular formula is C19H27N3O5. The van der Waals surface area contributed by atoms with Crippen molar-refractivity contribution in [1.82, 2.24) is 15.1 Å². The summed E-state index contributed by atoms with van der Waals surface area (Å²) in [5.41, 5.74) is 0.977. The highest BCUT2D eigenvalue weighted by Gasteiger charge is 2.33. The molecule has 0 bridgehead atoms. The number of methoxy groups -OCH3 is 2. The van der Waals surface area contributed by atoms with Gasteiger partial charge in [-0.3, -0.25) is 14.5 Å². The van der Waals surface area contributed by atoms with Crippen molar-refractivity contribution in [2.45, 2.75) is 19.0 Å². The molecule has 0 unspecified atom stereocenters. The molecule has 2 amide bonds. The normalized spacial score (nSPS) is 20.9. The van der Waals surface area contributed by atoms with Crippen LogP contribution in [0.2, 0.25) is 0 Å². The van der Waals surface area contributed by atoms with Gasteiger partial charge in [0, 0.05) is 38.8 Å². The molecule has 1 N–H and O–H groups in total. The van der Waals surface area contributed by atoms with E-state index >= 15 is 0 Å². The molecule has 2 saturated heterocycles. The van der Waals surface area contributed by atoms with Crippen LogP contribution in [0, 0.1) is 0 Å². The van der Waals surface area contributed by atoms with Crippen LogP contribution in [0.4, 0.5) is 0 Å². The zero-order valence-electron chi connectivity index (χ0n) is 15.9. The number of carbonyl (C=O) groups is 2. The molecule has 2 aliphatic rings.